The first-order valence-electron chi connectivity index (χ1n) is 11.9. The van der Waals surface area contributed by atoms with Crippen molar-refractivity contribution in [1.82, 2.24) is 24.3 Å². The predicted octanol–water partition coefficient (Wildman–Crippen LogP) is 5.18. The summed E-state index contributed by atoms with van der Waals surface area (Å²) in [4.78, 5) is 22.5. The van der Waals surface area contributed by atoms with Crippen molar-refractivity contribution in [2.24, 2.45) is 0 Å². The van der Waals surface area contributed by atoms with E-state index >= 15 is 0 Å². The van der Waals surface area contributed by atoms with Gasteiger partial charge in [0.2, 0.25) is 0 Å². The first-order valence-corrected chi connectivity index (χ1v) is 11.9. The minimum absolute atomic E-state index is 0.101. The summed E-state index contributed by atoms with van der Waals surface area (Å²) in [5, 5.41) is 6.85. The maximum atomic E-state index is 14.1. The second kappa shape index (κ2) is 8.67. The summed E-state index contributed by atoms with van der Waals surface area (Å²) < 4.78 is 17.5. The molecule has 0 aliphatic rings. The Morgan fingerprint density at radius 2 is 1.68 bits per heavy atom. The summed E-state index contributed by atoms with van der Waals surface area (Å²) in [5.74, 6) is -0.130. The van der Waals surface area contributed by atoms with Crippen LogP contribution in [0.3, 0.4) is 0 Å². The molecule has 0 atom stereocenters. The Labute approximate surface area is 211 Å². The Morgan fingerprint density at radius 3 is 2.49 bits per heavy atom. The van der Waals surface area contributed by atoms with Crippen LogP contribution < -0.4 is 11.3 Å². The molecule has 0 spiro atoms. The van der Waals surface area contributed by atoms with Crippen molar-refractivity contribution < 1.29 is 4.39 Å². The zero-order valence-corrected chi connectivity index (χ0v) is 20.3. The molecule has 0 saturated heterocycles. The van der Waals surface area contributed by atoms with Gasteiger partial charge in [0.05, 0.1) is 23.0 Å². The lowest BCUT2D eigenvalue weighted by Gasteiger charge is -2.17. The molecule has 2 N–H and O–H groups in total. The van der Waals surface area contributed by atoms with E-state index in [0.29, 0.717) is 27.7 Å². The number of nitrogens with zero attached hydrogens (tertiary/aromatic N) is 5. The second-order valence-electron chi connectivity index (χ2n) is 9.08. The third-order valence-corrected chi connectivity index (χ3v) is 6.66. The predicted molar refractivity (Wildman–Crippen MR) is 143 cm³/mol. The van der Waals surface area contributed by atoms with Gasteiger partial charge in [0.15, 0.2) is 5.65 Å². The van der Waals surface area contributed by atoms with Crippen molar-refractivity contribution in [2.75, 3.05) is 5.73 Å². The number of nitrogen functional groups attached to an aromatic ring is 1. The fourth-order valence-electron chi connectivity index (χ4n) is 4.92. The monoisotopic (exact) mass is 490 g/mol. The van der Waals surface area contributed by atoms with E-state index in [1.165, 1.54) is 18.5 Å². The van der Waals surface area contributed by atoms with Crippen LogP contribution in [0.2, 0.25) is 0 Å². The van der Waals surface area contributed by atoms with Gasteiger partial charge in [-0.15, -0.1) is 0 Å². The number of pyridine rings is 1. The van der Waals surface area contributed by atoms with Gasteiger partial charge >= 0.3 is 0 Å². The van der Waals surface area contributed by atoms with Crippen LogP contribution in [0.25, 0.3) is 38.8 Å². The van der Waals surface area contributed by atoms with Crippen molar-refractivity contribution >= 4 is 27.6 Å². The van der Waals surface area contributed by atoms with Crippen molar-refractivity contribution in [3.8, 4) is 16.9 Å². The minimum Gasteiger partial charge on any atom is -0.383 e. The normalized spacial score (nSPS) is 11.4. The molecule has 0 amide bonds. The zero-order valence-electron chi connectivity index (χ0n) is 20.3. The van der Waals surface area contributed by atoms with Gasteiger partial charge in [-0.2, -0.15) is 5.10 Å². The largest absolute Gasteiger partial charge is 0.383 e. The van der Waals surface area contributed by atoms with E-state index in [9.17, 15) is 9.18 Å². The molecule has 6 rings (SSSR count). The molecule has 0 saturated carbocycles. The summed E-state index contributed by atoms with van der Waals surface area (Å²) in [6, 6.07) is 21.8. The molecule has 3 aromatic carbocycles. The van der Waals surface area contributed by atoms with E-state index in [1.807, 2.05) is 62.4 Å². The molecule has 3 heterocycles. The molecule has 8 heteroatoms. The smallest absolute Gasteiger partial charge is 0.263 e. The summed E-state index contributed by atoms with van der Waals surface area (Å²) in [6.07, 6.45) is 1.38. The number of anilines is 1. The number of para-hydroxylation sites is 1. The number of nitrogens with two attached hydrogens (primary N) is 1. The molecule has 3 aromatic heterocycles. The van der Waals surface area contributed by atoms with E-state index in [-0.39, 0.29) is 23.7 Å². The Bertz CT molecular complexity index is 1890. The van der Waals surface area contributed by atoms with Gasteiger partial charge < -0.3 is 5.73 Å². The van der Waals surface area contributed by atoms with Gasteiger partial charge in [0.1, 0.15) is 23.7 Å². The summed E-state index contributed by atoms with van der Waals surface area (Å²) in [7, 11) is 0. The summed E-state index contributed by atoms with van der Waals surface area (Å²) in [5.41, 5.74) is 11.1. The van der Waals surface area contributed by atoms with Gasteiger partial charge in [-0.25, -0.2) is 19.0 Å². The van der Waals surface area contributed by atoms with Crippen LogP contribution in [0.1, 0.15) is 16.8 Å². The number of hydrogen-bond acceptors (Lipinski definition) is 5. The lowest BCUT2D eigenvalue weighted by molar-refractivity contribution is 0.628. The lowest BCUT2D eigenvalue weighted by Crippen LogP contribution is -2.25. The van der Waals surface area contributed by atoms with Crippen LogP contribution in [0.15, 0.2) is 83.9 Å². The van der Waals surface area contributed by atoms with Crippen LogP contribution in [0.5, 0.6) is 0 Å². The second-order valence-corrected chi connectivity index (χ2v) is 9.08. The van der Waals surface area contributed by atoms with E-state index in [1.54, 1.807) is 21.4 Å². The fourth-order valence-corrected chi connectivity index (χ4v) is 4.92. The van der Waals surface area contributed by atoms with Gasteiger partial charge in [0.25, 0.3) is 5.56 Å². The third kappa shape index (κ3) is 3.74. The maximum Gasteiger partial charge on any atom is 0.263 e. The van der Waals surface area contributed by atoms with Crippen molar-refractivity contribution in [3.63, 3.8) is 0 Å². The maximum absolute atomic E-state index is 14.1. The Balaban J connectivity index is 1.63. The van der Waals surface area contributed by atoms with Gasteiger partial charge in [0, 0.05) is 11.3 Å². The van der Waals surface area contributed by atoms with Crippen LogP contribution in [0.4, 0.5) is 10.2 Å². The highest BCUT2D eigenvalue weighted by atomic mass is 19.1. The number of rotatable bonds is 4. The van der Waals surface area contributed by atoms with E-state index in [4.69, 9.17) is 10.8 Å². The summed E-state index contributed by atoms with van der Waals surface area (Å²) >= 11 is 0. The Morgan fingerprint density at radius 1 is 0.892 bits per heavy atom. The topological polar surface area (TPSA) is 91.6 Å². The average molecular weight is 491 g/mol. The molecule has 0 bridgehead atoms. The van der Waals surface area contributed by atoms with Crippen molar-refractivity contribution in [3.05, 3.63) is 112 Å². The zero-order chi connectivity index (χ0) is 25.7. The SMILES string of the molecule is Cc1ccccc1-n1c(Cn2nc(-c3cccc(F)c3)c3c(N)ncnc32)cc2cccc(C)c2c1=O. The van der Waals surface area contributed by atoms with Gasteiger partial charge in [-0.1, -0.05) is 48.5 Å². The van der Waals surface area contributed by atoms with Crippen LogP contribution >= 0.6 is 0 Å². The van der Waals surface area contributed by atoms with Crippen LogP contribution in [-0.2, 0) is 6.54 Å². The van der Waals surface area contributed by atoms with Crippen LogP contribution in [0, 0.1) is 19.7 Å². The molecule has 0 aliphatic heterocycles. The van der Waals surface area contributed by atoms with Crippen molar-refractivity contribution in [1.29, 1.82) is 0 Å². The quantitative estimate of drug-likeness (QED) is 0.368. The number of fused-ring (bicyclic) bond motifs is 2. The Kier molecular flexibility index (Phi) is 5.30. The van der Waals surface area contributed by atoms with Crippen molar-refractivity contribution in [2.45, 2.75) is 20.4 Å². The van der Waals surface area contributed by atoms with Gasteiger partial charge in [-0.3, -0.25) is 9.36 Å². The highest BCUT2D eigenvalue weighted by Crippen LogP contribution is 2.31. The number of aromatic nitrogens is 5. The molecule has 0 unspecified atom stereocenters. The number of aryl methyl sites for hydroxylation is 2. The van der Waals surface area contributed by atoms with Crippen LogP contribution in [-0.4, -0.2) is 24.3 Å². The first kappa shape index (κ1) is 22.6. The number of benzene rings is 3. The summed E-state index contributed by atoms with van der Waals surface area (Å²) in [6.45, 7) is 4.15. The molecule has 0 aliphatic carbocycles. The molecule has 182 valence electrons. The Hall–Kier alpha value is -4.85. The molecule has 6 aromatic rings. The molecule has 37 heavy (non-hydrogen) atoms. The molecule has 7 nitrogen and oxygen atoms in total. The lowest BCUT2D eigenvalue weighted by atomic mass is 10.1. The van der Waals surface area contributed by atoms with E-state index in [0.717, 1.165) is 27.9 Å². The highest BCUT2D eigenvalue weighted by molar-refractivity contribution is 5.98. The minimum atomic E-state index is -0.381. The molecular weight excluding hydrogens is 467 g/mol. The highest BCUT2D eigenvalue weighted by Gasteiger charge is 2.20. The third-order valence-electron chi connectivity index (χ3n) is 6.66. The molecular formula is C29H23FN6O. The molecule has 0 radical (unpaired) electrons. The van der Waals surface area contributed by atoms with E-state index in [2.05, 4.69) is 9.97 Å². The number of hydrogen-bond donors (Lipinski definition) is 1. The standard InChI is InChI=1S/C29H23FN6O/c1-17-7-3-4-12-23(17)36-22(14-19-9-5-8-18(2)24(19)29(36)37)15-35-28-25(27(31)32-16-33-28)26(34-35)20-10-6-11-21(30)13-20/h3-14,16H,15H2,1-2H3,(H2,31,32,33). The first-order chi connectivity index (χ1) is 17.9. The number of halogens is 1. The fraction of sp³-hybridized carbons (Fsp3) is 0.103. The van der Waals surface area contributed by atoms with E-state index < -0.39 is 0 Å². The molecule has 0 fully saturated rings. The average Bonchev–Trinajstić information content (AvgIpc) is 3.25. The van der Waals surface area contributed by atoms with Gasteiger partial charge in [-0.05, 0) is 54.6 Å².